The minimum absolute atomic E-state index is 0.606. The molecule has 0 aliphatic heterocycles. The Morgan fingerprint density at radius 2 is 1.71 bits per heavy atom. The molecule has 1 atom stereocenters. The second kappa shape index (κ2) is 5.10. The van der Waals surface area contributed by atoms with Crippen LogP contribution in [0.2, 0.25) is 0 Å². The zero-order chi connectivity index (χ0) is 12.3. The summed E-state index contributed by atoms with van der Waals surface area (Å²) in [4.78, 5) is 8.56. The molecule has 0 spiro atoms. The number of methoxy groups -OCH3 is 1. The maximum atomic E-state index is 5.62. The van der Waals surface area contributed by atoms with Gasteiger partial charge in [0.25, 0.3) is 0 Å². The van der Waals surface area contributed by atoms with Gasteiger partial charge in [0.1, 0.15) is 5.60 Å². The molecule has 0 fully saturated rings. The SMILES string of the molecule is COC(C)(c1ccc(I)cc1)c1ncccn1. The van der Waals surface area contributed by atoms with Gasteiger partial charge < -0.3 is 4.74 Å². The highest BCUT2D eigenvalue weighted by molar-refractivity contribution is 14.1. The largest absolute Gasteiger partial charge is 0.366 e. The number of hydrogen-bond acceptors (Lipinski definition) is 3. The zero-order valence-corrected chi connectivity index (χ0v) is 11.9. The average Bonchev–Trinajstić information content (AvgIpc) is 2.40. The van der Waals surface area contributed by atoms with E-state index < -0.39 is 5.60 Å². The van der Waals surface area contributed by atoms with Gasteiger partial charge in [-0.05, 0) is 53.3 Å². The van der Waals surface area contributed by atoms with Crippen LogP contribution in [0.5, 0.6) is 0 Å². The van der Waals surface area contributed by atoms with Crippen LogP contribution in [0.4, 0.5) is 0 Å². The van der Waals surface area contributed by atoms with E-state index in [2.05, 4.69) is 44.7 Å². The quantitative estimate of drug-likeness (QED) is 0.806. The standard InChI is InChI=1S/C13H13IN2O/c1-13(17-2,12-15-8-3-9-16-12)10-4-6-11(14)7-5-10/h3-9H,1-2H3. The molecule has 0 saturated heterocycles. The highest BCUT2D eigenvalue weighted by Gasteiger charge is 2.31. The van der Waals surface area contributed by atoms with Crippen molar-refractivity contribution in [2.45, 2.75) is 12.5 Å². The predicted molar refractivity (Wildman–Crippen MR) is 74.7 cm³/mol. The van der Waals surface area contributed by atoms with Crippen LogP contribution in [0.1, 0.15) is 18.3 Å². The molecule has 0 aliphatic rings. The molecule has 0 saturated carbocycles. The van der Waals surface area contributed by atoms with Gasteiger partial charge >= 0.3 is 0 Å². The first-order chi connectivity index (χ1) is 8.16. The van der Waals surface area contributed by atoms with E-state index >= 15 is 0 Å². The summed E-state index contributed by atoms with van der Waals surface area (Å²) in [7, 11) is 1.67. The van der Waals surface area contributed by atoms with Crippen molar-refractivity contribution in [3.05, 3.63) is 57.7 Å². The number of hydrogen-bond donors (Lipinski definition) is 0. The van der Waals surface area contributed by atoms with Crippen LogP contribution >= 0.6 is 22.6 Å². The lowest BCUT2D eigenvalue weighted by molar-refractivity contribution is 0.0313. The lowest BCUT2D eigenvalue weighted by Crippen LogP contribution is -2.28. The maximum Gasteiger partial charge on any atom is 0.164 e. The summed E-state index contributed by atoms with van der Waals surface area (Å²) < 4.78 is 6.82. The minimum Gasteiger partial charge on any atom is -0.366 e. The van der Waals surface area contributed by atoms with Crippen molar-refractivity contribution in [2.24, 2.45) is 0 Å². The number of aromatic nitrogens is 2. The van der Waals surface area contributed by atoms with Gasteiger partial charge in [0, 0.05) is 23.1 Å². The minimum atomic E-state index is -0.606. The van der Waals surface area contributed by atoms with E-state index in [1.165, 1.54) is 3.57 Å². The van der Waals surface area contributed by atoms with Gasteiger partial charge in [0.2, 0.25) is 0 Å². The van der Waals surface area contributed by atoms with Crippen LogP contribution in [-0.4, -0.2) is 17.1 Å². The average molecular weight is 340 g/mol. The molecule has 88 valence electrons. The topological polar surface area (TPSA) is 35.0 Å². The highest BCUT2D eigenvalue weighted by atomic mass is 127. The van der Waals surface area contributed by atoms with E-state index in [9.17, 15) is 0 Å². The Bertz CT molecular complexity index is 487. The molecule has 0 radical (unpaired) electrons. The van der Waals surface area contributed by atoms with Crippen molar-refractivity contribution in [1.82, 2.24) is 9.97 Å². The molecule has 2 rings (SSSR count). The second-order valence-corrected chi connectivity index (χ2v) is 5.06. The van der Waals surface area contributed by atoms with Crippen LogP contribution < -0.4 is 0 Å². The fourth-order valence-corrected chi connectivity index (χ4v) is 2.01. The molecule has 1 heterocycles. The van der Waals surface area contributed by atoms with E-state index in [1.807, 2.05) is 19.1 Å². The third-order valence-electron chi connectivity index (χ3n) is 2.80. The summed E-state index contributed by atoms with van der Waals surface area (Å²) in [6.45, 7) is 1.98. The first-order valence-electron chi connectivity index (χ1n) is 5.25. The maximum absolute atomic E-state index is 5.62. The Labute approximate surface area is 114 Å². The fourth-order valence-electron chi connectivity index (χ4n) is 1.65. The van der Waals surface area contributed by atoms with Gasteiger partial charge in [-0.1, -0.05) is 12.1 Å². The molecule has 0 amide bonds. The number of halogens is 1. The molecular weight excluding hydrogens is 327 g/mol. The van der Waals surface area contributed by atoms with E-state index in [-0.39, 0.29) is 0 Å². The summed E-state index contributed by atoms with van der Waals surface area (Å²) in [6, 6.07) is 9.99. The van der Waals surface area contributed by atoms with Crippen molar-refractivity contribution in [1.29, 1.82) is 0 Å². The van der Waals surface area contributed by atoms with Gasteiger partial charge in [-0.25, -0.2) is 9.97 Å². The Morgan fingerprint density at radius 1 is 1.12 bits per heavy atom. The number of nitrogens with zero attached hydrogens (tertiary/aromatic N) is 2. The fraction of sp³-hybridized carbons (Fsp3) is 0.231. The predicted octanol–water partition coefficient (Wildman–Crippen LogP) is 2.99. The number of ether oxygens (including phenoxy) is 1. The molecule has 0 aliphatic carbocycles. The van der Waals surface area contributed by atoms with E-state index in [0.717, 1.165) is 5.56 Å². The van der Waals surface area contributed by atoms with Gasteiger partial charge in [-0.15, -0.1) is 0 Å². The summed E-state index contributed by atoms with van der Waals surface area (Å²) in [5.41, 5.74) is 0.442. The van der Waals surface area contributed by atoms with Gasteiger partial charge in [0.15, 0.2) is 5.82 Å². The molecule has 0 bridgehead atoms. The Balaban J connectivity index is 2.48. The second-order valence-electron chi connectivity index (χ2n) is 3.82. The third kappa shape index (κ3) is 2.47. The van der Waals surface area contributed by atoms with Crippen LogP contribution in [0.25, 0.3) is 0 Å². The van der Waals surface area contributed by atoms with Crippen LogP contribution in [0.15, 0.2) is 42.7 Å². The van der Waals surface area contributed by atoms with Gasteiger partial charge in [0.05, 0.1) is 0 Å². The number of benzene rings is 1. The first kappa shape index (κ1) is 12.4. The Hall–Kier alpha value is -1.01. The molecule has 3 nitrogen and oxygen atoms in total. The van der Waals surface area contributed by atoms with Crippen molar-refractivity contribution in [2.75, 3.05) is 7.11 Å². The summed E-state index contributed by atoms with van der Waals surface area (Å²) in [5.74, 6) is 0.670. The Kier molecular flexibility index (Phi) is 3.73. The molecule has 4 heteroatoms. The zero-order valence-electron chi connectivity index (χ0n) is 9.72. The van der Waals surface area contributed by atoms with Crippen molar-refractivity contribution in [3.63, 3.8) is 0 Å². The monoisotopic (exact) mass is 340 g/mol. The smallest absolute Gasteiger partial charge is 0.164 e. The van der Waals surface area contributed by atoms with Crippen molar-refractivity contribution in [3.8, 4) is 0 Å². The number of rotatable bonds is 3. The lowest BCUT2D eigenvalue weighted by Gasteiger charge is -2.26. The molecule has 1 aromatic heterocycles. The molecule has 1 unspecified atom stereocenters. The van der Waals surface area contributed by atoms with Crippen LogP contribution in [-0.2, 0) is 10.3 Å². The van der Waals surface area contributed by atoms with E-state index in [4.69, 9.17) is 4.74 Å². The molecular formula is C13H13IN2O. The van der Waals surface area contributed by atoms with Crippen molar-refractivity contribution >= 4 is 22.6 Å². The normalized spacial score (nSPS) is 14.3. The van der Waals surface area contributed by atoms with Crippen molar-refractivity contribution < 1.29 is 4.74 Å². The van der Waals surface area contributed by atoms with Crippen LogP contribution in [0.3, 0.4) is 0 Å². The van der Waals surface area contributed by atoms with Gasteiger partial charge in [-0.2, -0.15) is 0 Å². The van der Waals surface area contributed by atoms with Gasteiger partial charge in [-0.3, -0.25) is 0 Å². The van der Waals surface area contributed by atoms with E-state index in [1.54, 1.807) is 25.6 Å². The molecule has 1 aromatic carbocycles. The molecule has 0 N–H and O–H groups in total. The third-order valence-corrected chi connectivity index (χ3v) is 3.51. The molecule has 2 aromatic rings. The lowest BCUT2D eigenvalue weighted by atomic mass is 9.95. The van der Waals surface area contributed by atoms with E-state index in [0.29, 0.717) is 5.82 Å². The molecule has 17 heavy (non-hydrogen) atoms. The summed E-state index contributed by atoms with van der Waals surface area (Å²) in [6.07, 6.45) is 3.46. The summed E-state index contributed by atoms with van der Waals surface area (Å²) >= 11 is 2.28. The first-order valence-corrected chi connectivity index (χ1v) is 6.33. The summed E-state index contributed by atoms with van der Waals surface area (Å²) in [5, 5.41) is 0. The van der Waals surface area contributed by atoms with Crippen LogP contribution in [0, 0.1) is 3.57 Å². The highest BCUT2D eigenvalue weighted by Crippen LogP contribution is 2.30. The Morgan fingerprint density at radius 3 is 2.24 bits per heavy atom.